The van der Waals surface area contributed by atoms with Crippen LogP contribution in [0.4, 0.5) is 0 Å². The second-order valence-electron chi connectivity index (χ2n) is 3.53. The number of nitrogens with zero attached hydrogens (tertiary/aromatic N) is 2. The first-order valence-electron chi connectivity index (χ1n) is 5.11. The van der Waals surface area contributed by atoms with Gasteiger partial charge in [0.05, 0.1) is 11.1 Å². The summed E-state index contributed by atoms with van der Waals surface area (Å²) in [5, 5.41) is 0. The monoisotopic (exact) mass is 242 g/mol. The van der Waals surface area contributed by atoms with Gasteiger partial charge in [-0.2, -0.15) is 0 Å². The van der Waals surface area contributed by atoms with Crippen molar-refractivity contribution < 1.29 is 9.59 Å². The molecule has 0 saturated carbocycles. The molecule has 2 rings (SSSR count). The third-order valence-corrected chi connectivity index (χ3v) is 2.37. The molecule has 2 heterocycles. The summed E-state index contributed by atoms with van der Waals surface area (Å²) in [6, 6.07) is 6.20. The van der Waals surface area contributed by atoms with E-state index in [1.54, 1.807) is 12.1 Å². The fraction of sp³-hybridized carbons (Fsp3) is 0. The van der Waals surface area contributed by atoms with Gasteiger partial charge < -0.3 is 11.5 Å². The summed E-state index contributed by atoms with van der Waals surface area (Å²) >= 11 is 0. The summed E-state index contributed by atoms with van der Waals surface area (Å²) < 4.78 is 0. The van der Waals surface area contributed by atoms with Crippen molar-refractivity contribution in [2.24, 2.45) is 11.5 Å². The molecule has 2 amide bonds. The summed E-state index contributed by atoms with van der Waals surface area (Å²) in [5.74, 6) is -1.28. The number of rotatable bonds is 3. The van der Waals surface area contributed by atoms with Gasteiger partial charge in [0.15, 0.2) is 0 Å². The Morgan fingerprint density at radius 3 is 1.56 bits per heavy atom. The van der Waals surface area contributed by atoms with E-state index in [0.717, 1.165) is 0 Å². The number of pyridine rings is 2. The van der Waals surface area contributed by atoms with Crippen LogP contribution in [0, 0.1) is 0 Å². The van der Waals surface area contributed by atoms with E-state index in [4.69, 9.17) is 11.5 Å². The Morgan fingerprint density at radius 2 is 1.22 bits per heavy atom. The molecule has 2 aromatic heterocycles. The number of aromatic nitrogens is 2. The number of nitrogens with two attached hydrogens (primary N) is 2. The molecule has 0 aromatic carbocycles. The van der Waals surface area contributed by atoms with Crippen LogP contribution < -0.4 is 11.5 Å². The van der Waals surface area contributed by atoms with Gasteiger partial charge in [-0.3, -0.25) is 19.6 Å². The van der Waals surface area contributed by atoms with Crippen LogP contribution in [0.1, 0.15) is 20.7 Å². The molecule has 0 bridgehead atoms. The largest absolute Gasteiger partial charge is 0.366 e. The molecule has 0 fully saturated rings. The molecule has 6 nitrogen and oxygen atoms in total. The van der Waals surface area contributed by atoms with E-state index < -0.39 is 11.8 Å². The Kier molecular flexibility index (Phi) is 3.01. The van der Waals surface area contributed by atoms with Crippen LogP contribution in [0.5, 0.6) is 0 Å². The van der Waals surface area contributed by atoms with E-state index in [0.29, 0.717) is 0 Å². The van der Waals surface area contributed by atoms with Crippen molar-refractivity contribution in [3.05, 3.63) is 47.8 Å². The molecule has 90 valence electrons. The zero-order valence-corrected chi connectivity index (χ0v) is 9.33. The molecule has 0 spiro atoms. The maximum Gasteiger partial charge on any atom is 0.250 e. The van der Waals surface area contributed by atoms with Crippen LogP contribution in [0.3, 0.4) is 0 Å². The molecule has 0 radical (unpaired) electrons. The van der Waals surface area contributed by atoms with E-state index >= 15 is 0 Å². The van der Waals surface area contributed by atoms with Gasteiger partial charge in [-0.15, -0.1) is 0 Å². The molecule has 18 heavy (non-hydrogen) atoms. The standard InChI is InChI=1S/C12H10N4O2/c13-11(17)7-3-1-5-15-9(7)10-8(12(14)18)4-2-6-16-10/h1-6H,(H2,13,17)(H2,14,18). The number of carbonyl (C=O) groups is 2. The summed E-state index contributed by atoms with van der Waals surface area (Å²) in [6.07, 6.45) is 2.97. The minimum atomic E-state index is -0.640. The van der Waals surface area contributed by atoms with Crippen LogP contribution in [0.15, 0.2) is 36.7 Å². The zero-order chi connectivity index (χ0) is 13.1. The molecule has 2 aromatic rings. The molecule has 0 unspecified atom stereocenters. The predicted octanol–water partition coefficient (Wildman–Crippen LogP) is 0.341. The Labute approximate surface area is 103 Å². The van der Waals surface area contributed by atoms with Crippen LogP contribution in [-0.2, 0) is 0 Å². The lowest BCUT2D eigenvalue weighted by Gasteiger charge is -2.07. The van der Waals surface area contributed by atoms with Crippen LogP contribution >= 0.6 is 0 Å². The molecule has 0 atom stereocenters. The Balaban J connectivity index is 2.70. The Bertz CT molecular complexity index is 569. The van der Waals surface area contributed by atoms with Crippen molar-refractivity contribution in [1.82, 2.24) is 9.97 Å². The maximum atomic E-state index is 11.3. The van der Waals surface area contributed by atoms with Crippen molar-refractivity contribution in [3.8, 4) is 11.4 Å². The first-order valence-corrected chi connectivity index (χ1v) is 5.11. The van der Waals surface area contributed by atoms with Crippen molar-refractivity contribution in [2.45, 2.75) is 0 Å². The lowest BCUT2D eigenvalue weighted by atomic mass is 10.1. The van der Waals surface area contributed by atoms with E-state index in [2.05, 4.69) is 9.97 Å². The van der Waals surface area contributed by atoms with Gasteiger partial charge in [0.25, 0.3) is 11.8 Å². The van der Waals surface area contributed by atoms with Crippen molar-refractivity contribution >= 4 is 11.8 Å². The van der Waals surface area contributed by atoms with E-state index in [1.165, 1.54) is 24.5 Å². The lowest BCUT2D eigenvalue weighted by molar-refractivity contribution is 0.0990. The van der Waals surface area contributed by atoms with Crippen molar-refractivity contribution in [3.63, 3.8) is 0 Å². The average Bonchev–Trinajstić information content (AvgIpc) is 2.38. The predicted molar refractivity (Wildman–Crippen MR) is 64.5 cm³/mol. The number of hydrogen-bond acceptors (Lipinski definition) is 4. The lowest BCUT2D eigenvalue weighted by Crippen LogP contribution is -2.17. The van der Waals surface area contributed by atoms with E-state index in [-0.39, 0.29) is 22.5 Å². The van der Waals surface area contributed by atoms with E-state index in [9.17, 15) is 9.59 Å². The molecule has 0 aliphatic carbocycles. The van der Waals surface area contributed by atoms with Gasteiger partial charge in [-0.05, 0) is 24.3 Å². The first-order chi connectivity index (χ1) is 8.61. The van der Waals surface area contributed by atoms with Crippen LogP contribution in [0.2, 0.25) is 0 Å². The normalized spacial score (nSPS) is 10.0. The molecular formula is C12H10N4O2. The highest BCUT2D eigenvalue weighted by atomic mass is 16.1. The third-order valence-electron chi connectivity index (χ3n) is 2.37. The maximum absolute atomic E-state index is 11.3. The van der Waals surface area contributed by atoms with Crippen molar-refractivity contribution in [1.29, 1.82) is 0 Å². The number of primary amides is 2. The minimum Gasteiger partial charge on any atom is -0.366 e. The second kappa shape index (κ2) is 4.62. The fourth-order valence-corrected chi connectivity index (χ4v) is 1.59. The zero-order valence-electron chi connectivity index (χ0n) is 9.33. The van der Waals surface area contributed by atoms with Gasteiger partial charge in [0.1, 0.15) is 11.4 Å². The molecule has 0 aliphatic heterocycles. The quantitative estimate of drug-likeness (QED) is 0.808. The van der Waals surface area contributed by atoms with Crippen molar-refractivity contribution in [2.75, 3.05) is 0 Å². The van der Waals surface area contributed by atoms with Crippen LogP contribution in [-0.4, -0.2) is 21.8 Å². The van der Waals surface area contributed by atoms with Crippen LogP contribution in [0.25, 0.3) is 11.4 Å². The number of carbonyl (C=O) groups excluding carboxylic acids is 2. The minimum absolute atomic E-state index is 0.193. The smallest absolute Gasteiger partial charge is 0.250 e. The van der Waals surface area contributed by atoms with Gasteiger partial charge in [-0.25, -0.2) is 0 Å². The second-order valence-corrected chi connectivity index (χ2v) is 3.53. The summed E-state index contributed by atoms with van der Waals surface area (Å²) in [6.45, 7) is 0. The van der Waals surface area contributed by atoms with Gasteiger partial charge in [-0.1, -0.05) is 0 Å². The fourth-order valence-electron chi connectivity index (χ4n) is 1.59. The average molecular weight is 242 g/mol. The highest BCUT2D eigenvalue weighted by Crippen LogP contribution is 2.22. The Morgan fingerprint density at radius 1 is 0.833 bits per heavy atom. The van der Waals surface area contributed by atoms with Gasteiger partial charge in [0, 0.05) is 12.4 Å². The summed E-state index contributed by atoms with van der Waals surface area (Å²) in [7, 11) is 0. The molecule has 4 N–H and O–H groups in total. The van der Waals surface area contributed by atoms with E-state index in [1.807, 2.05) is 0 Å². The number of amides is 2. The summed E-state index contributed by atoms with van der Waals surface area (Å²) in [5.41, 5.74) is 11.4. The Hall–Kier alpha value is -2.76. The highest BCUT2D eigenvalue weighted by molar-refractivity contribution is 6.03. The molecule has 0 aliphatic rings. The first kappa shape index (κ1) is 11.7. The SMILES string of the molecule is NC(=O)c1cccnc1-c1ncccc1C(N)=O. The highest BCUT2D eigenvalue weighted by Gasteiger charge is 2.17. The summed E-state index contributed by atoms with van der Waals surface area (Å²) in [4.78, 5) is 30.7. The molecule has 0 saturated heterocycles. The molecular weight excluding hydrogens is 232 g/mol. The third kappa shape index (κ3) is 2.03. The number of hydrogen-bond donors (Lipinski definition) is 2. The molecule has 6 heteroatoms. The van der Waals surface area contributed by atoms with Gasteiger partial charge >= 0.3 is 0 Å². The van der Waals surface area contributed by atoms with Gasteiger partial charge in [0.2, 0.25) is 0 Å². The topological polar surface area (TPSA) is 112 Å².